The molecule has 0 radical (unpaired) electrons. The lowest BCUT2D eigenvalue weighted by molar-refractivity contribution is 0.781. The summed E-state index contributed by atoms with van der Waals surface area (Å²) in [6.07, 6.45) is 1.68. The lowest BCUT2D eigenvalue weighted by Crippen LogP contribution is -2.15. The molecule has 0 amide bonds. The highest BCUT2D eigenvalue weighted by atomic mass is 35.5. The molecule has 0 unspecified atom stereocenters. The van der Waals surface area contributed by atoms with Crippen LogP contribution in [0.5, 0.6) is 0 Å². The number of fused-ring (bicyclic) bond motifs is 1. The number of benzene rings is 1. The van der Waals surface area contributed by atoms with Crippen molar-refractivity contribution < 1.29 is 0 Å². The van der Waals surface area contributed by atoms with E-state index in [-0.39, 0.29) is 5.56 Å². The fourth-order valence-corrected chi connectivity index (χ4v) is 2.65. The summed E-state index contributed by atoms with van der Waals surface area (Å²) in [5.41, 5.74) is 2.17. The van der Waals surface area contributed by atoms with Crippen molar-refractivity contribution in [2.45, 2.75) is 6.54 Å². The number of aromatic nitrogens is 3. The molecule has 0 bridgehead atoms. The zero-order valence-corrected chi connectivity index (χ0v) is 12.3. The summed E-state index contributed by atoms with van der Waals surface area (Å²) >= 11 is 11.1. The number of nitriles is 1. The zero-order valence-electron chi connectivity index (χ0n) is 10.7. The first kappa shape index (κ1) is 13.6. The van der Waals surface area contributed by atoms with Crippen molar-refractivity contribution in [3.8, 4) is 6.07 Å². The van der Waals surface area contributed by atoms with Crippen LogP contribution in [0.1, 0.15) is 11.1 Å². The fourth-order valence-electron chi connectivity index (χ4n) is 2.22. The van der Waals surface area contributed by atoms with Gasteiger partial charge in [-0.3, -0.25) is 9.78 Å². The van der Waals surface area contributed by atoms with Crippen molar-refractivity contribution in [2.24, 2.45) is 0 Å². The van der Waals surface area contributed by atoms with Crippen molar-refractivity contribution in [1.82, 2.24) is 14.5 Å². The van der Waals surface area contributed by atoms with E-state index < -0.39 is 0 Å². The Morgan fingerprint density at radius 2 is 2.19 bits per heavy atom. The van der Waals surface area contributed by atoms with E-state index in [9.17, 15) is 10.1 Å². The van der Waals surface area contributed by atoms with Gasteiger partial charge in [-0.05, 0) is 36.0 Å². The van der Waals surface area contributed by atoms with Crippen molar-refractivity contribution in [3.05, 3.63) is 61.7 Å². The van der Waals surface area contributed by atoms with E-state index >= 15 is 0 Å². The van der Waals surface area contributed by atoms with Crippen LogP contribution in [0, 0.1) is 16.1 Å². The molecule has 21 heavy (non-hydrogen) atoms. The van der Waals surface area contributed by atoms with Gasteiger partial charge in [0.25, 0.3) is 5.56 Å². The van der Waals surface area contributed by atoms with Gasteiger partial charge in [0.1, 0.15) is 5.52 Å². The molecule has 0 atom stereocenters. The number of hydrogen-bond donors (Lipinski definition) is 2. The Labute approximate surface area is 129 Å². The van der Waals surface area contributed by atoms with Crippen LogP contribution in [0.3, 0.4) is 0 Å². The minimum Gasteiger partial charge on any atom is -0.355 e. The van der Waals surface area contributed by atoms with E-state index in [0.717, 1.165) is 5.56 Å². The Balaban J connectivity index is 2.20. The summed E-state index contributed by atoms with van der Waals surface area (Å²) in [6.45, 7) is 0.379. The standard InChI is InChI=1S/C14H9ClN4OS/c15-10-2-1-8(9(5-10)6-16)7-19-11-3-4-17-12(11)13(20)18-14(19)21/h1-5,17H,7H2,(H,18,20,21). The summed E-state index contributed by atoms with van der Waals surface area (Å²) in [5, 5.41) is 9.71. The van der Waals surface area contributed by atoms with Crippen molar-refractivity contribution >= 4 is 34.9 Å². The Morgan fingerprint density at radius 1 is 1.38 bits per heavy atom. The van der Waals surface area contributed by atoms with E-state index in [4.69, 9.17) is 23.8 Å². The summed E-state index contributed by atoms with van der Waals surface area (Å²) in [4.78, 5) is 17.3. The molecule has 5 nitrogen and oxygen atoms in total. The Bertz CT molecular complexity index is 993. The number of rotatable bonds is 2. The molecule has 0 aliphatic heterocycles. The second-order valence-corrected chi connectivity index (χ2v) is 5.32. The van der Waals surface area contributed by atoms with E-state index in [0.29, 0.717) is 32.9 Å². The van der Waals surface area contributed by atoms with E-state index in [1.807, 2.05) is 0 Å². The van der Waals surface area contributed by atoms with Gasteiger partial charge in [0.05, 0.1) is 23.7 Å². The van der Waals surface area contributed by atoms with Crippen molar-refractivity contribution in [3.63, 3.8) is 0 Å². The number of hydrogen-bond acceptors (Lipinski definition) is 3. The number of nitrogens with one attached hydrogen (secondary N) is 2. The highest BCUT2D eigenvalue weighted by Crippen LogP contribution is 2.18. The summed E-state index contributed by atoms with van der Waals surface area (Å²) in [7, 11) is 0. The van der Waals surface area contributed by atoms with E-state index in [2.05, 4.69) is 16.0 Å². The molecular formula is C14H9ClN4OS. The second-order valence-electron chi connectivity index (χ2n) is 4.50. The predicted molar refractivity (Wildman–Crippen MR) is 83.0 cm³/mol. The molecule has 0 fully saturated rings. The van der Waals surface area contributed by atoms with Gasteiger partial charge in [-0.2, -0.15) is 5.26 Å². The largest absolute Gasteiger partial charge is 0.355 e. The van der Waals surface area contributed by atoms with Gasteiger partial charge >= 0.3 is 0 Å². The third-order valence-corrected chi connectivity index (χ3v) is 3.79. The summed E-state index contributed by atoms with van der Waals surface area (Å²) < 4.78 is 2.08. The minimum atomic E-state index is -0.257. The monoisotopic (exact) mass is 316 g/mol. The normalized spacial score (nSPS) is 10.7. The second kappa shape index (κ2) is 5.20. The molecule has 3 rings (SSSR count). The molecule has 0 spiro atoms. The van der Waals surface area contributed by atoms with Crippen LogP contribution in [-0.2, 0) is 6.54 Å². The highest BCUT2D eigenvalue weighted by Gasteiger charge is 2.09. The quantitative estimate of drug-likeness (QED) is 0.713. The first-order chi connectivity index (χ1) is 10.1. The Hall–Kier alpha value is -2.36. The molecule has 2 heterocycles. The maximum absolute atomic E-state index is 11.8. The van der Waals surface area contributed by atoms with Crippen LogP contribution in [0.25, 0.3) is 11.0 Å². The van der Waals surface area contributed by atoms with Gasteiger partial charge < -0.3 is 9.55 Å². The molecule has 7 heteroatoms. The molecule has 2 N–H and O–H groups in total. The van der Waals surface area contributed by atoms with Crippen LogP contribution in [0.2, 0.25) is 5.02 Å². The Kier molecular flexibility index (Phi) is 3.37. The third kappa shape index (κ3) is 2.37. The molecule has 0 saturated heterocycles. The number of H-pyrrole nitrogens is 2. The van der Waals surface area contributed by atoms with Crippen LogP contribution >= 0.6 is 23.8 Å². The first-order valence-electron chi connectivity index (χ1n) is 6.09. The molecule has 0 aliphatic rings. The maximum atomic E-state index is 11.8. The van der Waals surface area contributed by atoms with Crippen LogP contribution in [0.4, 0.5) is 0 Å². The van der Waals surface area contributed by atoms with Gasteiger partial charge in [-0.1, -0.05) is 17.7 Å². The van der Waals surface area contributed by atoms with Gasteiger partial charge in [0.15, 0.2) is 4.77 Å². The summed E-state index contributed by atoms with van der Waals surface area (Å²) in [6, 6.07) is 9.02. The number of aromatic amines is 2. The average Bonchev–Trinajstić information content (AvgIpc) is 2.94. The van der Waals surface area contributed by atoms with Crippen LogP contribution < -0.4 is 5.56 Å². The maximum Gasteiger partial charge on any atom is 0.276 e. The SMILES string of the molecule is N#Cc1cc(Cl)ccc1Cn1c(=S)[nH]c(=O)c2[nH]ccc21. The average molecular weight is 317 g/mol. The summed E-state index contributed by atoms with van der Waals surface area (Å²) in [5.74, 6) is 0. The first-order valence-corrected chi connectivity index (χ1v) is 6.87. The molecular weight excluding hydrogens is 308 g/mol. The van der Waals surface area contributed by atoms with E-state index in [1.165, 1.54) is 0 Å². The lowest BCUT2D eigenvalue weighted by Gasteiger charge is -2.10. The minimum absolute atomic E-state index is 0.257. The zero-order chi connectivity index (χ0) is 15.0. The fraction of sp³-hybridized carbons (Fsp3) is 0.0714. The number of nitrogens with zero attached hydrogens (tertiary/aromatic N) is 2. The van der Waals surface area contributed by atoms with E-state index in [1.54, 1.807) is 35.0 Å². The molecule has 104 valence electrons. The predicted octanol–water partition coefficient (Wildman–Crippen LogP) is 2.96. The van der Waals surface area contributed by atoms with Crippen LogP contribution in [0.15, 0.2) is 35.3 Å². The van der Waals surface area contributed by atoms with Gasteiger partial charge in [0, 0.05) is 11.2 Å². The smallest absolute Gasteiger partial charge is 0.276 e. The third-order valence-electron chi connectivity index (χ3n) is 3.23. The highest BCUT2D eigenvalue weighted by molar-refractivity contribution is 7.71. The van der Waals surface area contributed by atoms with Gasteiger partial charge in [-0.15, -0.1) is 0 Å². The van der Waals surface area contributed by atoms with Crippen LogP contribution in [-0.4, -0.2) is 14.5 Å². The topological polar surface area (TPSA) is 77.4 Å². The van der Waals surface area contributed by atoms with Gasteiger partial charge in [0.2, 0.25) is 0 Å². The van der Waals surface area contributed by atoms with Crippen molar-refractivity contribution in [1.29, 1.82) is 5.26 Å². The molecule has 2 aromatic heterocycles. The molecule has 1 aromatic carbocycles. The molecule has 3 aromatic rings. The van der Waals surface area contributed by atoms with Gasteiger partial charge in [-0.25, -0.2) is 0 Å². The lowest BCUT2D eigenvalue weighted by atomic mass is 10.1. The van der Waals surface area contributed by atoms with Crippen molar-refractivity contribution in [2.75, 3.05) is 0 Å². The number of halogens is 1. The molecule has 0 aliphatic carbocycles. The molecule has 0 saturated carbocycles. The Morgan fingerprint density at radius 3 is 2.95 bits per heavy atom.